The van der Waals surface area contributed by atoms with Gasteiger partial charge >= 0.3 is 0 Å². The topological polar surface area (TPSA) is 39.5 Å². The minimum absolute atomic E-state index is 0.740. The molecule has 0 unspecified atom stereocenters. The third-order valence-corrected chi connectivity index (χ3v) is 4.29. The van der Waals surface area contributed by atoms with Crippen molar-refractivity contribution in [2.45, 2.75) is 33.4 Å². The van der Waals surface area contributed by atoms with Gasteiger partial charge < -0.3 is 9.47 Å². The molecule has 0 fully saturated rings. The van der Waals surface area contributed by atoms with Gasteiger partial charge in [-0.1, -0.05) is 0 Å². The van der Waals surface area contributed by atoms with E-state index in [1.807, 2.05) is 6.92 Å². The highest BCUT2D eigenvalue weighted by Gasteiger charge is 2.15. The van der Waals surface area contributed by atoms with Gasteiger partial charge in [0.1, 0.15) is 0 Å². The van der Waals surface area contributed by atoms with Gasteiger partial charge in [-0.25, -0.2) is 0 Å². The van der Waals surface area contributed by atoms with Crippen molar-refractivity contribution in [3.63, 3.8) is 0 Å². The lowest BCUT2D eigenvalue weighted by Crippen LogP contribution is -2.30. The zero-order valence-corrected chi connectivity index (χ0v) is 14.6. The number of methoxy groups -OCH3 is 2. The molecule has 0 spiro atoms. The van der Waals surface area contributed by atoms with E-state index in [2.05, 4.69) is 37.5 Å². The minimum Gasteiger partial charge on any atom is -0.385 e. The zero-order valence-electron chi connectivity index (χ0n) is 13.0. The number of halogens is 1. The molecule has 20 heavy (non-hydrogen) atoms. The Kier molecular flexibility index (Phi) is 8.37. The lowest BCUT2D eigenvalue weighted by molar-refractivity contribution is 0.127. The van der Waals surface area contributed by atoms with Crippen LogP contribution in [-0.2, 0) is 22.6 Å². The molecule has 116 valence electrons. The third kappa shape index (κ3) is 5.16. The molecule has 0 radical (unpaired) electrons. The van der Waals surface area contributed by atoms with E-state index in [4.69, 9.17) is 9.47 Å². The minimum atomic E-state index is 0.740. The van der Waals surface area contributed by atoms with Crippen LogP contribution in [0.4, 0.5) is 0 Å². The van der Waals surface area contributed by atoms with Gasteiger partial charge in [0.2, 0.25) is 0 Å². The Labute approximate surface area is 130 Å². The quantitative estimate of drug-likeness (QED) is 0.609. The van der Waals surface area contributed by atoms with Gasteiger partial charge in [0.15, 0.2) is 0 Å². The molecule has 0 aliphatic carbocycles. The van der Waals surface area contributed by atoms with Crippen LogP contribution in [0, 0.1) is 6.92 Å². The molecule has 0 amide bonds. The molecule has 1 aromatic rings. The second kappa shape index (κ2) is 9.50. The van der Waals surface area contributed by atoms with E-state index in [1.54, 1.807) is 14.2 Å². The maximum absolute atomic E-state index is 5.20. The van der Waals surface area contributed by atoms with Gasteiger partial charge in [0, 0.05) is 47.0 Å². The standard InChI is InChI=1S/C14H26BrN3O2/c1-5-18-13(14(15)12(2)16-18)11-17(8-10-20-4)7-6-9-19-3/h5-11H2,1-4H3. The first-order chi connectivity index (χ1) is 9.63. The fourth-order valence-electron chi connectivity index (χ4n) is 2.15. The number of rotatable bonds is 10. The predicted octanol–water partition coefficient (Wildman–Crippen LogP) is 2.46. The Morgan fingerprint density at radius 2 is 1.90 bits per heavy atom. The van der Waals surface area contributed by atoms with Crippen molar-refractivity contribution in [1.82, 2.24) is 14.7 Å². The van der Waals surface area contributed by atoms with Crippen LogP contribution in [-0.4, -0.2) is 55.2 Å². The molecular formula is C14H26BrN3O2. The van der Waals surface area contributed by atoms with E-state index >= 15 is 0 Å². The molecule has 0 aliphatic heterocycles. The summed E-state index contributed by atoms with van der Waals surface area (Å²) in [6.07, 6.45) is 1.02. The molecule has 0 atom stereocenters. The summed E-state index contributed by atoms with van der Waals surface area (Å²) in [6, 6.07) is 0. The molecule has 0 aromatic carbocycles. The lowest BCUT2D eigenvalue weighted by atomic mass is 10.3. The third-order valence-electron chi connectivity index (χ3n) is 3.26. The smallest absolute Gasteiger partial charge is 0.0739 e. The van der Waals surface area contributed by atoms with E-state index in [0.29, 0.717) is 0 Å². The maximum atomic E-state index is 5.20. The number of hydrogen-bond acceptors (Lipinski definition) is 4. The van der Waals surface area contributed by atoms with E-state index in [-0.39, 0.29) is 0 Å². The van der Waals surface area contributed by atoms with Crippen LogP contribution in [0.1, 0.15) is 24.7 Å². The average Bonchev–Trinajstić information content (AvgIpc) is 2.72. The van der Waals surface area contributed by atoms with Crippen molar-refractivity contribution in [3.8, 4) is 0 Å². The van der Waals surface area contributed by atoms with E-state index in [0.717, 1.165) is 56.0 Å². The molecule has 1 rings (SSSR count). The number of aryl methyl sites for hydroxylation is 2. The van der Waals surface area contributed by atoms with Gasteiger partial charge in [-0.2, -0.15) is 5.10 Å². The fraction of sp³-hybridized carbons (Fsp3) is 0.786. The van der Waals surface area contributed by atoms with Crippen LogP contribution in [0.15, 0.2) is 4.47 Å². The Bertz CT molecular complexity index is 396. The molecule has 0 aliphatic rings. The summed E-state index contributed by atoms with van der Waals surface area (Å²) in [5, 5.41) is 4.55. The molecule has 0 bridgehead atoms. The summed E-state index contributed by atoms with van der Waals surface area (Å²) in [7, 11) is 3.48. The number of aromatic nitrogens is 2. The van der Waals surface area contributed by atoms with Gasteiger partial charge in [-0.05, 0) is 36.2 Å². The first-order valence-corrected chi connectivity index (χ1v) is 7.85. The van der Waals surface area contributed by atoms with Gasteiger partial charge in [-0.3, -0.25) is 9.58 Å². The summed E-state index contributed by atoms with van der Waals surface area (Å²) >= 11 is 3.65. The number of hydrogen-bond donors (Lipinski definition) is 0. The summed E-state index contributed by atoms with van der Waals surface area (Å²) < 4.78 is 13.5. The highest BCUT2D eigenvalue weighted by Crippen LogP contribution is 2.22. The molecule has 0 N–H and O–H groups in total. The van der Waals surface area contributed by atoms with Crippen molar-refractivity contribution >= 4 is 15.9 Å². The van der Waals surface area contributed by atoms with Crippen LogP contribution >= 0.6 is 15.9 Å². The van der Waals surface area contributed by atoms with Crippen molar-refractivity contribution in [2.24, 2.45) is 0 Å². The van der Waals surface area contributed by atoms with Gasteiger partial charge in [0.25, 0.3) is 0 Å². The normalized spacial score (nSPS) is 11.5. The molecule has 0 saturated carbocycles. The van der Waals surface area contributed by atoms with E-state index < -0.39 is 0 Å². The highest BCUT2D eigenvalue weighted by atomic mass is 79.9. The van der Waals surface area contributed by atoms with E-state index in [9.17, 15) is 0 Å². The predicted molar refractivity (Wildman–Crippen MR) is 84.0 cm³/mol. The van der Waals surface area contributed by atoms with E-state index in [1.165, 1.54) is 5.69 Å². The summed E-state index contributed by atoms with van der Waals surface area (Å²) in [5.74, 6) is 0. The van der Waals surface area contributed by atoms with Crippen molar-refractivity contribution in [1.29, 1.82) is 0 Å². The lowest BCUT2D eigenvalue weighted by Gasteiger charge is -2.22. The van der Waals surface area contributed by atoms with Gasteiger partial charge in [0.05, 0.1) is 22.5 Å². The Morgan fingerprint density at radius 3 is 2.50 bits per heavy atom. The second-order valence-electron chi connectivity index (χ2n) is 4.78. The fourth-order valence-corrected chi connectivity index (χ4v) is 2.56. The first kappa shape index (κ1) is 17.6. The van der Waals surface area contributed by atoms with Crippen molar-refractivity contribution in [3.05, 3.63) is 15.9 Å². The molecule has 1 heterocycles. The number of nitrogens with zero attached hydrogens (tertiary/aromatic N) is 3. The summed E-state index contributed by atoms with van der Waals surface area (Å²) in [5.41, 5.74) is 2.28. The maximum Gasteiger partial charge on any atom is 0.0739 e. The van der Waals surface area contributed by atoms with Crippen LogP contribution < -0.4 is 0 Å². The average molecular weight is 348 g/mol. The van der Waals surface area contributed by atoms with Crippen LogP contribution in [0.3, 0.4) is 0 Å². The first-order valence-electron chi connectivity index (χ1n) is 7.06. The zero-order chi connectivity index (χ0) is 15.0. The van der Waals surface area contributed by atoms with Crippen LogP contribution in [0.2, 0.25) is 0 Å². The molecule has 5 nitrogen and oxygen atoms in total. The summed E-state index contributed by atoms with van der Waals surface area (Å²) in [4.78, 5) is 2.38. The molecule has 1 aromatic heterocycles. The molecule has 0 saturated heterocycles. The van der Waals surface area contributed by atoms with Crippen LogP contribution in [0.25, 0.3) is 0 Å². The molecular weight excluding hydrogens is 322 g/mol. The van der Waals surface area contributed by atoms with Crippen LogP contribution in [0.5, 0.6) is 0 Å². The Hall–Kier alpha value is -0.430. The molecule has 6 heteroatoms. The summed E-state index contributed by atoms with van der Waals surface area (Å²) in [6.45, 7) is 9.36. The van der Waals surface area contributed by atoms with Crippen molar-refractivity contribution < 1.29 is 9.47 Å². The SMILES string of the molecule is CCn1nc(C)c(Br)c1CN(CCCOC)CCOC. The monoisotopic (exact) mass is 347 g/mol. The number of ether oxygens (including phenoxy) is 2. The highest BCUT2D eigenvalue weighted by molar-refractivity contribution is 9.10. The van der Waals surface area contributed by atoms with Gasteiger partial charge in [-0.15, -0.1) is 0 Å². The largest absolute Gasteiger partial charge is 0.385 e. The second-order valence-corrected chi connectivity index (χ2v) is 5.57. The van der Waals surface area contributed by atoms with Crippen molar-refractivity contribution in [2.75, 3.05) is 40.5 Å². The Balaban J connectivity index is 2.71. The Morgan fingerprint density at radius 1 is 1.20 bits per heavy atom.